The number of hydrogen-bond donors (Lipinski definition) is 3. The molecule has 1 aliphatic carbocycles. The third-order valence-electron chi connectivity index (χ3n) is 2.89. The van der Waals surface area contributed by atoms with Crippen molar-refractivity contribution >= 4 is 11.9 Å². The number of carboxylic acids is 1. The Kier molecular flexibility index (Phi) is 4.29. The van der Waals surface area contributed by atoms with Gasteiger partial charge < -0.3 is 15.7 Å². The van der Waals surface area contributed by atoms with Gasteiger partial charge in [0.15, 0.2) is 0 Å². The van der Waals surface area contributed by atoms with E-state index in [1.807, 2.05) is 0 Å². The molecule has 0 unspecified atom stereocenters. The van der Waals surface area contributed by atoms with Crippen LogP contribution in [-0.4, -0.2) is 35.1 Å². The normalized spacial score (nSPS) is 17.4. The molecule has 1 rings (SSSR count). The van der Waals surface area contributed by atoms with E-state index in [0.29, 0.717) is 6.04 Å². The number of rotatable bonds is 5. The van der Waals surface area contributed by atoms with Crippen LogP contribution in [-0.2, 0) is 9.59 Å². The first-order valence-electron chi connectivity index (χ1n) is 5.69. The largest absolute Gasteiger partial charge is 0.480 e. The van der Waals surface area contributed by atoms with E-state index < -0.39 is 11.5 Å². The van der Waals surface area contributed by atoms with Gasteiger partial charge in [0.05, 0.1) is 6.54 Å². The number of aliphatic carboxylic acids is 1. The summed E-state index contributed by atoms with van der Waals surface area (Å²) in [7, 11) is 0. The van der Waals surface area contributed by atoms with Crippen LogP contribution in [0.5, 0.6) is 0 Å². The molecule has 1 saturated carbocycles. The van der Waals surface area contributed by atoms with Crippen molar-refractivity contribution in [2.75, 3.05) is 6.54 Å². The van der Waals surface area contributed by atoms with Gasteiger partial charge in [-0.05, 0) is 26.7 Å². The molecule has 0 aromatic rings. The Morgan fingerprint density at radius 2 is 1.88 bits per heavy atom. The maximum absolute atomic E-state index is 11.5. The van der Waals surface area contributed by atoms with E-state index in [-0.39, 0.29) is 12.5 Å². The Bertz CT molecular complexity index is 270. The van der Waals surface area contributed by atoms with Gasteiger partial charge in [0, 0.05) is 6.04 Å². The summed E-state index contributed by atoms with van der Waals surface area (Å²) in [5, 5.41) is 14.5. The Labute approximate surface area is 95.6 Å². The van der Waals surface area contributed by atoms with E-state index in [2.05, 4.69) is 10.6 Å². The van der Waals surface area contributed by atoms with Crippen molar-refractivity contribution in [3.05, 3.63) is 0 Å². The number of hydrogen-bond acceptors (Lipinski definition) is 3. The minimum Gasteiger partial charge on any atom is -0.480 e. The second kappa shape index (κ2) is 5.30. The molecule has 0 spiro atoms. The maximum atomic E-state index is 11.5. The van der Waals surface area contributed by atoms with Crippen LogP contribution < -0.4 is 10.6 Å². The molecule has 1 aliphatic rings. The molecule has 92 valence electrons. The van der Waals surface area contributed by atoms with E-state index in [4.69, 9.17) is 5.11 Å². The summed E-state index contributed by atoms with van der Waals surface area (Å²) < 4.78 is 0. The highest BCUT2D eigenvalue weighted by Crippen LogP contribution is 2.17. The first kappa shape index (κ1) is 13.0. The van der Waals surface area contributed by atoms with E-state index >= 15 is 0 Å². The fraction of sp³-hybridized carbons (Fsp3) is 0.818. The standard InChI is InChI=1S/C11H20N2O3/c1-11(2,10(15)16)13-9(14)7-12-8-5-3-4-6-8/h8,12H,3-7H2,1-2H3,(H,13,14)(H,15,16). The predicted octanol–water partition coefficient (Wildman–Crippen LogP) is 0.498. The Morgan fingerprint density at radius 1 is 1.31 bits per heavy atom. The second-order valence-electron chi connectivity index (χ2n) is 4.84. The third kappa shape index (κ3) is 3.81. The molecule has 5 heteroatoms. The van der Waals surface area contributed by atoms with Crippen LogP contribution in [0.1, 0.15) is 39.5 Å². The first-order valence-corrected chi connectivity index (χ1v) is 5.69. The van der Waals surface area contributed by atoms with Crippen LogP contribution in [0.4, 0.5) is 0 Å². The molecule has 0 aliphatic heterocycles. The lowest BCUT2D eigenvalue weighted by Gasteiger charge is -2.21. The molecule has 0 radical (unpaired) electrons. The van der Waals surface area contributed by atoms with E-state index in [1.54, 1.807) is 0 Å². The van der Waals surface area contributed by atoms with Gasteiger partial charge in [-0.3, -0.25) is 4.79 Å². The molecule has 0 aromatic carbocycles. The van der Waals surface area contributed by atoms with Gasteiger partial charge in [0.25, 0.3) is 0 Å². The number of carbonyl (C=O) groups is 2. The highest BCUT2D eigenvalue weighted by atomic mass is 16.4. The fourth-order valence-electron chi connectivity index (χ4n) is 1.81. The SMILES string of the molecule is CC(C)(NC(=O)CNC1CCCC1)C(=O)O. The zero-order valence-corrected chi connectivity index (χ0v) is 9.88. The first-order chi connectivity index (χ1) is 7.42. The average molecular weight is 228 g/mol. The lowest BCUT2D eigenvalue weighted by molar-refractivity contribution is -0.145. The van der Waals surface area contributed by atoms with Crippen LogP contribution in [0.15, 0.2) is 0 Å². The minimum atomic E-state index is -1.20. The summed E-state index contributed by atoms with van der Waals surface area (Å²) in [5.74, 6) is -1.29. The van der Waals surface area contributed by atoms with Gasteiger partial charge in [-0.2, -0.15) is 0 Å². The van der Waals surface area contributed by atoms with Crippen molar-refractivity contribution in [2.45, 2.75) is 51.1 Å². The van der Waals surface area contributed by atoms with Crippen molar-refractivity contribution < 1.29 is 14.7 Å². The zero-order chi connectivity index (χ0) is 12.2. The van der Waals surface area contributed by atoms with Gasteiger partial charge in [-0.15, -0.1) is 0 Å². The zero-order valence-electron chi connectivity index (χ0n) is 9.88. The predicted molar refractivity (Wildman–Crippen MR) is 60.1 cm³/mol. The molecule has 0 saturated heterocycles. The van der Waals surface area contributed by atoms with Gasteiger partial charge in [0.2, 0.25) is 5.91 Å². The number of amides is 1. The quantitative estimate of drug-likeness (QED) is 0.640. The lowest BCUT2D eigenvalue weighted by atomic mass is 10.1. The molecular weight excluding hydrogens is 208 g/mol. The van der Waals surface area contributed by atoms with Gasteiger partial charge in [-0.25, -0.2) is 4.79 Å². The Balaban J connectivity index is 2.27. The van der Waals surface area contributed by atoms with Crippen LogP contribution in [0.3, 0.4) is 0 Å². The topological polar surface area (TPSA) is 78.4 Å². The van der Waals surface area contributed by atoms with E-state index in [0.717, 1.165) is 12.8 Å². The van der Waals surface area contributed by atoms with Crippen molar-refractivity contribution in [1.82, 2.24) is 10.6 Å². The molecule has 0 heterocycles. The molecule has 0 aromatic heterocycles. The molecule has 1 amide bonds. The summed E-state index contributed by atoms with van der Waals surface area (Å²) in [6, 6.07) is 0.415. The second-order valence-corrected chi connectivity index (χ2v) is 4.84. The fourth-order valence-corrected chi connectivity index (χ4v) is 1.81. The lowest BCUT2D eigenvalue weighted by Crippen LogP contribution is -2.52. The van der Waals surface area contributed by atoms with Gasteiger partial charge in [-0.1, -0.05) is 12.8 Å². The molecule has 0 bridgehead atoms. The van der Waals surface area contributed by atoms with Crippen molar-refractivity contribution in [3.8, 4) is 0 Å². The number of carbonyl (C=O) groups excluding carboxylic acids is 1. The van der Waals surface area contributed by atoms with Crippen LogP contribution >= 0.6 is 0 Å². The molecule has 5 nitrogen and oxygen atoms in total. The smallest absolute Gasteiger partial charge is 0.328 e. The van der Waals surface area contributed by atoms with Crippen LogP contribution in [0.25, 0.3) is 0 Å². The van der Waals surface area contributed by atoms with Gasteiger partial charge in [0.1, 0.15) is 5.54 Å². The molecule has 3 N–H and O–H groups in total. The molecule has 16 heavy (non-hydrogen) atoms. The van der Waals surface area contributed by atoms with Crippen molar-refractivity contribution in [1.29, 1.82) is 0 Å². The van der Waals surface area contributed by atoms with E-state index in [9.17, 15) is 9.59 Å². The van der Waals surface area contributed by atoms with Crippen molar-refractivity contribution in [3.63, 3.8) is 0 Å². The highest BCUT2D eigenvalue weighted by Gasteiger charge is 2.28. The summed E-state index contributed by atoms with van der Waals surface area (Å²) >= 11 is 0. The third-order valence-corrected chi connectivity index (χ3v) is 2.89. The molecule has 0 atom stereocenters. The Morgan fingerprint density at radius 3 is 2.38 bits per heavy atom. The number of carboxylic acid groups (broad SMARTS) is 1. The summed E-state index contributed by atoms with van der Waals surface area (Å²) in [4.78, 5) is 22.3. The summed E-state index contributed by atoms with van der Waals surface area (Å²) in [6.45, 7) is 3.15. The minimum absolute atomic E-state index is 0.196. The molecular formula is C11H20N2O3. The summed E-state index contributed by atoms with van der Waals surface area (Å²) in [5.41, 5.74) is -1.20. The summed E-state index contributed by atoms with van der Waals surface area (Å²) in [6.07, 6.45) is 4.63. The average Bonchev–Trinajstić information content (AvgIpc) is 2.66. The van der Waals surface area contributed by atoms with Crippen molar-refractivity contribution in [2.24, 2.45) is 0 Å². The maximum Gasteiger partial charge on any atom is 0.328 e. The van der Waals surface area contributed by atoms with Gasteiger partial charge >= 0.3 is 5.97 Å². The highest BCUT2D eigenvalue weighted by molar-refractivity contribution is 5.87. The van der Waals surface area contributed by atoms with Crippen LogP contribution in [0.2, 0.25) is 0 Å². The monoisotopic (exact) mass is 228 g/mol. The van der Waals surface area contributed by atoms with E-state index in [1.165, 1.54) is 26.7 Å². The molecule has 1 fully saturated rings. The van der Waals surface area contributed by atoms with Crippen LogP contribution in [0, 0.1) is 0 Å². The number of nitrogens with one attached hydrogen (secondary N) is 2. The Hall–Kier alpha value is -1.10.